The largest absolute Gasteiger partial charge is 0.338 e. The van der Waals surface area contributed by atoms with Gasteiger partial charge in [-0.1, -0.05) is 35.8 Å². The summed E-state index contributed by atoms with van der Waals surface area (Å²) in [4.78, 5) is 4.73. The topological polar surface area (TPSA) is 51.0 Å². The summed E-state index contributed by atoms with van der Waals surface area (Å²) < 4.78 is 5.61. The van der Waals surface area contributed by atoms with E-state index < -0.39 is 0 Å². The normalized spacial score (nSPS) is 33.5. The Hall–Kier alpha value is -1.68. The van der Waals surface area contributed by atoms with Gasteiger partial charge in [0.15, 0.2) is 5.82 Å². The van der Waals surface area contributed by atoms with Crippen LogP contribution in [-0.4, -0.2) is 16.7 Å². The minimum Gasteiger partial charge on any atom is -0.338 e. The summed E-state index contributed by atoms with van der Waals surface area (Å²) in [6, 6.07) is 8.84. The quantitative estimate of drug-likeness (QED) is 0.919. The lowest BCUT2D eigenvalue weighted by molar-refractivity contribution is 0.300. The van der Waals surface area contributed by atoms with Crippen LogP contribution in [0.25, 0.3) is 0 Å². The van der Waals surface area contributed by atoms with Gasteiger partial charge < -0.3 is 9.84 Å². The van der Waals surface area contributed by atoms with Gasteiger partial charge in [-0.2, -0.15) is 4.98 Å². The first-order chi connectivity index (χ1) is 10.4. The molecule has 2 heterocycles. The van der Waals surface area contributed by atoms with E-state index in [-0.39, 0.29) is 6.04 Å². The summed E-state index contributed by atoms with van der Waals surface area (Å²) in [6.07, 6.45) is 5.04. The van der Waals surface area contributed by atoms with Crippen LogP contribution in [0.3, 0.4) is 0 Å². The van der Waals surface area contributed by atoms with E-state index in [4.69, 9.17) is 9.51 Å². The van der Waals surface area contributed by atoms with Gasteiger partial charge in [-0.25, -0.2) is 0 Å². The van der Waals surface area contributed by atoms with Crippen LogP contribution < -0.4 is 5.32 Å². The van der Waals surface area contributed by atoms with E-state index in [1.807, 2.05) is 0 Å². The highest BCUT2D eigenvalue weighted by Crippen LogP contribution is 2.45. The molecule has 4 nitrogen and oxygen atoms in total. The molecule has 4 unspecified atom stereocenters. The van der Waals surface area contributed by atoms with Gasteiger partial charge in [0.05, 0.1) is 12.0 Å². The van der Waals surface area contributed by atoms with Crippen LogP contribution in [0.15, 0.2) is 28.8 Å². The van der Waals surface area contributed by atoms with Gasteiger partial charge in [0.2, 0.25) is 5.89 Å². The Morgan fingerprint density at radius 1 is 1.19 bits per heavy atom. The van der Waals surface area contributed by atoms with E-state index in [2.05, 4.69) is 34.7 Å². The van der Waals surface area contributed by atoms with Crippen molar-refractivity contribution in [1.29, 1.82) is 0 Å². The number of fused-ring (bicyclic) bond motifs is 2. The van der Waals surface area contributed by atoms with Crippen molar-refractivity contribution in [2.75, 3.05) is 6.54 Å². The molecule has 4 atom stereocenters. The van der Waals surface area contributed by atoms with Crippen molar-refractivity contribution in [2.24, 2.45) is 11.8 Å². The number of aromatic nitrogens is 2. The van der Waals surface area contributed by atoms with Gasteiger partial charge in [-0.05, 0) is 48.8 Å². The third-order valence-electron chi connectivity index (χ3n) is 5.64. The maximum atomic E-state index is 5.61. The zero-order valence-electron chi connectivity index (χ0n) is 12.0. The van der Waals surface area contributed by atoms with Gasteiger partial charge in [0.25, 0.3) is 0 Å². The number of nitrogens with one attached hydrogen (secondary N) is 1. The molecule has 2 aromatic rings. The zero-order valence-corrected chi connectivity index (χ0v) is 12.0. The van der Waals surface area contributed by atoms with Crippen LogP contribution >= 0.6 is 0 Å². The van der Waals surface area contributed by atoms with Crippen molar-refractivity contribution >= 4 is 0 Å². The molecule has 1 saturated carbocycles. The van der Waals surface area contributed by atoms with Crippen LogP contribution in [0.5, 0.6) is 0 Å². The standard InChI is InChI=1S/C17H19N3O/c1-2-6-12-10(4-1)8-14(12)16-19-17(21-20-16)15-13-7-3-5-11(13)9-18-15/h1-2,4,6,11,13-15,18H,3,5,7-9H2. The van der Waals surface area contributed by atoms with Crippen molar-refractivity contribution in [3.05, 3.63) is 47.1 Å². The number of rotatable bonds is 2. The lowest BCUT2D eigenvalue weighted by Crippen LogP contribution is -2.20. The molecule has 2 fully saturated rings. The fraction of sp³-hybridized carbons (Fsp3) is 0.529. The first kappa shape index (κ1) is 11.9. The number of hydrogen-bond acceptors (Lipinski definition) is 4. The minimum atomic E-state index is 0.286. The third-order valence-corrected chi connectivity index (χ3v) is 5.64. The third kappa shape index (κ3) is 1.72. The van der Waals surface area contributed by atoms with E-state index in [1.54, 1.807) is 0 Å². The van der Waals surface area contributed by atoms with E-state index in [0.717, 1.165) is 30.6 Å². The molecule has 3 aliphatic rings. The fourth-order valence-electron chi connectivity index (χ4n) is 4.46. The van der Waals surface area contributed by atoms with Gasteiger partial charge in [-0.15, -0.1) is 0 Å². The van der Waals surface area contributed by atoms with Gasteiger partial charge in [-0.3, -0.25) is 0 Å². The van der Waals surface area contributed by atoms with Crippen molar-refractivity contribution < 1.29 is 4.52 Å². The maximum Gasteiger partial charge on any atom is 0.244 e. The van der Waals surface area contributed by atoms with E-state index in [1.165, 1.54) is 30.4 Å². The molecule has 2 aliphatic carbocycles. The molecular weight excluding hydrogens is 262 g/mol. The van der Waals surface area contributed by atoms with Crippen LogP contribution in [0.4, 0.5) is 0 Å². The smallest absolute Gasteiger partial charge is 0.244 e. The number of nitrogens with zero attached hydrogens (tertiary/aromatic N) is 2. The van der Waals surface area contributed by atoms with E-state index in [9.17, 15) is 0 Å². The fourth-order valence-corrected chi connectivity index (χ4v) is 4.46. The Balaban J connectivity index is 1.41. The predicted molar refractivity (Wildman–Crippen MR) is 77.9 cm³/mol. The first-order valence-corrected chi connectivity index (χ1v) is 8.05. The summed E-state index contributed by atoms with van der Waals surface area (Å²) in [5, 5.41) is 7.86. The van der Waals surface area contributed by atoms with Crippen molar-refractivity contribution in [3.63, 3.8) is 0 Å². The lowest BCUT2D eigenvalue weighted by atomic mass is 9.77. The van der Waals surface area contributed by atoms with Gasteiger partial charge in [0.1, 0.15) is 0 Å². The molecule has 108 valence electrons. The highest BCUT2D eigenvalue weighted by Gasteiger charge is 2.42. The molecule has 0 bridgehead atoms. The maximum absolute atomic E-state index is 5.61. The molecule has 21 heavy (non-hydrogen) atoms. The molecule has 1 aromatic heterocycles. The molecule has 5 rings (SSSR count). The Bertz CT molecular complexity index is 680. The van der Waals surface area contributed by atoms with Crippen molar-refractivity contribution in [2.45, 2.75) is 37.6 Å². The highest BCUT2D eigenvalue weighted by atomic mass is 16.5. The van der Waals surface area contributed by atoms with Gasteiger partial charge in [0, 0.05) is 0 Å². The summed E-state index contributed by atoms with van der Waals surface area (Å²) in [7, 11) is 0. The monoisotopic (exact) mass is 281 g/mol. The second-order valence-corrected chi connectivity index (χ2v) is 6.69. The molecule has 1 aromatic carbocycles. The Morgan fingerprint density at radius 2 is 2.14 bits per heavy atom. The molecular formula is C17H19N3O. The molecule has 0 amide bonds. The molecule has 0 radical (unpaired) electrons. The average molecular weight is 281 g/mol. The van der Waals surface area contributed by atoms with Crippen LogP contribution in [0.1, 0.15) is 54.1 Å². The molecule has 4 heteroatoms. The minimum absolute atomic E-state index is 0.286. The first-order valence-electron chi connectivity index (χ1n) is 8.05. The summed E-state index contributed by atoms with van der Waals surface area (Å²) in [5.74, 6) is 3.52. The second kappa shape index (κ2) is 4.41. The summed E-state index contributed by atoms with van der Waals surface area (Å²) >= 11 is 0. The average Bonchev–Trinajstić information content (AvgIpc) is 3.15. The summed E-state index contributed by atoms with van der Waals surface area (Å²) in [6.45, 7) is 1.11. The van der Waals surface area contributed by atoms with E-state index >= 15 is 0 Å². The summed E-state index contributed by atoms with van der Waals surface area (Å²) in [5.41, 5.74) is 2.78. The molecule has 1 saturated heterocycles. The van der Waals surface area contributed by atoms with Crippen molar-refractivity contribution in [1.82, 2.24) is 15.5 Å². The molecule has 0 spiro atoms. The Labute approximate surface area is 123 Å². The molecule has 1 aliphatic heterocycles. The van der Waals surface area contributed by atoms with E-state index in [0.29, 0.717) is 11.8 Å². The highest BCUT2D eigenvalue weighted by molar-refractivity contribution is 5.43. The lowest BCUT2D eigenvalue weighted by Gasteiger charge is -2.27. The van der Waals surface area contributed by atoms with Crippen molar-refractivity contribution in [3.8, 4) is 0 Å². The SMILES string of the molecule is c1ccc2c(c1)CC2c1noc(C2NCC3CCCC32)n1. The van der Waals surface area contributed by atoms with Crippen LogP contribution in [-0.2, 0) is 6.42 Å². The number of benzene rings is 1. The second-order valence-electron chi connectivity index (χ2n) is 6.69. The van der Waals surface area contributed by atoms with Crippen LogP contribution in [0, 0.1) is 11.8 Å². The Kier molecular flexibility index (Phi) is 2.50. The van der Waals surface area contributed by atoms with Gasteiger partial charge >= 0.3 is 0 Å². The number of hydrogen-bond donors (Lipinski definition) is 1. The van der Waals surface area contributed by atoms with Crippen LogP contribution in [0.2, 0.25) is 0 Å². The Morgan fingerprint density at radius 3 is 3.10 bits per heavy atom. The molecule has 1 N–H and O–H groups in total. The zero-order chi connectivity index (χ0) is 13.8. The predicted octanol–water partition coefficient (Wildman–Crippen LogP) is 2.82.